The second kappa shape index (κ2) is 10.2. The number of halogens is 2. The van der Waals surface area contributed by atoms with Crippen LogP contribution in [0.2, 0.25) is 0 Å². The molecule has 0 radical (unpaired) electrons. The number of nitrogens with zero attached hydrogens (tertiary/aromatic N) is 1. The molecular weight excluding hydrogens is 496 g/mol. The van der Waals surface area contributed by atoms with E-state index in [9.17, 15) is 23.8 Å². The van der Waals surface area contributed by atoms with Crippen molar-refractivity contribution in [1.29, 1.82) is 0 Å². The molecule has 1 aromatic rings. The number of nitrogens with one attached hydrogen (secondary N) is 2. The number of rotatable bonds is 7. The van der Waals surface area contributed by atoms with Crippen LogP contribution in [-0.4, -0.2) is 45.8 Å². The van der Waals surface area contributed by atoms with E-state index in [-0.39, 0.29) is 29.7 Å². The fourth-order valence-electron chi connectivity index (χ4n) is 6.98. The molecule has 1 amide bonds. The normalized spacial score (nSPS) is 34.2. The van der Waals surface area contributed by atoms with Crippen LogP contribution in [0.5, 0.6) is 0 Å². The molecule has 1 aliphatic heterocycles. The van der Waals surface area contributed by atoms with Gasteiger partial charge in [0.05, 0.1) is 17.9 Å². The van der Waals surface area contributed by atoms with Crippen molar-refractivity contribution in [2.45, 2.75) is 64.0 Å². The molecule has 1 spiro atoms. The lowest BCUT2D eigenvalue weighted by Crippen LogP contribution is -2.67. The van der Waals surface area contributed by atoms with E-state index in [0.717, 1.165) is 48.4 Å². The first-order valence-corrected chi connectivity index (χ1v) is 13.9. The Morgan fingerprint density at radius 1 is 1.30 bits per heavy atom. The van der Waals surface area contributed by atoms with Crippen molar-refractivity contribution in [3.63, 3.8) is 0 Å². The van der Waals surface area contributed by atoms with E-state index < -0.39 is 17.2 Å². The monoisotopic (exact) mass is 531 g/mol. The number of carbonyl (C=O) groups excluding carboxylic acids is 1. The maximum absolute atomic E-state index is 13.7. The van der Waals surface area contributed by atoms with Crippen molar-refractivity contribution in [1.82, 2.24) is 9.62 Å². The van der Waals surface area contributed by atoms with Crippen molar-refractivity contribution in [2.24, 2.45) is 17.3 Å². The van der Waals surface area contributed by atoms with Gasteiger partial charge in [-0.2, -0.15) is 0 Å². The Morgan fingerprint density at radius 2 is 2.11 bits per heavy atom. The van der Waals surface area contributed by atoms with Crippen LogP contribution in [0.25, 0.3) is 0 Å². The smallest absolute Gasteiger partial charge is 0.271 e. The highest BCUT2D eigenvalue weighted by Gasteiger charge is 2.72. The van der Waals surface area contributed by atoms with Crippen molar-refractivity contribution in [3.05, 3.63) is 64.4 Å². The van der Waals surface area contributed by atoms with E-state index in [0.29, 0.717) is 36.9 Å². The fraction of sp³-hybridized carbons (Fsp3) is 0.536. The Balaban J connectivity index is 1.31. The van der Waals surface area contributed by atoms with Crippen LogP contribution in [0.15, 0.2) is 52.7 Å². The molecule has 200 valence electrons. The average Bonchev–Trinajstić information content (AvgIpc) is 2.98. The first-order valence-electron chi connectivity index (χ1n) is 13.0. The van der Waals surface area contributed by atoms with Gasteiger partial charge in [-0.05, 0) is 99.8 Å². The molecule has 37 heavy (non-hydrogen) atoms. The molecule has 6 nitrogen and oxygen atoms in total. The number of aliphatic hydroxyl groups is 2. The second-order valence-corrected chi connectivity index (χ2v) is 11.9. The second-order valence-electron chi connectivity index (χ2n) is 10.9. The molecule has 0 saturated heterocycles. The van der Waals surface area contributed by atoms with E-state index in [4.69, 9.17) is 0 Å². The molecular formula is C28H35F2N3O3S. The van der Waals surface area contributed by atoms with E-state index in [2.05, 4.69) is 16.1 Å². The van der Waals surface area contributed by atoms with Crippen molar-refractivity contribution in [3.8, 4) is 0 Å². The third-order valence-electron chi connectivity index (χ3n) is 8.82. The van der Waals surface area contributed by atoms with Gasteiger partial charge in [0.2, 0.25) is 0 Å². The molecule has 0 aromatic heterocycles. The van der Waals surface area contributed by atoms with Gasteiger partial charge in [-0.25, -0.2) is 8.78 Å². The Morgan fingerprint density at radius 3 is 2.78 bits per heavy atom. The highest BCUT2D eigenvalue weighted by atomic mass is 32.2. The van der Waals surface area contributed by atoms with Crippen LogP contribution in [0, 0.1) is 28.9 Å². The summed E-state index contributed by atoms with van der Waals surface area (Å²) in [5.74, 6) is -1.47. The number of hydrogen-bond acceptors (Lipinski definition) is 6. The Hall–Kier alpha value is -2.20. The standard InChI is InChI=1S/C28H35F2N3O3S/c1-3-23(26(35)31-18-8-9-21(29)22(30)13-18)33-12-6-4-5-7-24(33)17(2)37-32-25-19-10-11-28(19)15-27(36,16-34)14-20(25)28/h3,5,7-9,13,19-20,25,32,34,36H,4,6,10-12,14-16H2,1-2H3,(H,31,35)/b23-3+,24-17+. The van der Waals surface area contributed by atoms with E-state index in [1.807, 2.05) is 17.9 Å². The topological polar surface area (TPSA) is 84.8 Å². The van der Waals surface area contributed by atoms with Crippen molar-refractivity contribution < 1.29 is 23.8 Å². The number of carbonyl (C=O) groups is 1. The van der Waals surface area contributed by atoms with Gasteiger partial charge < -0.3 is 20.4 Å². The molecule has 5 unspecified atom stereocenters. The minimum Gasteiger partial charge on any atom is -0.393 e. The third kappa shape index (κ3) is 4.64. The van der Waals surface area contributed by atoms with Crippen LogP contribution >= 0.6 is 11.9 Å². The van der Waals surface area contributed by atoms with Crippen molar-refractivity contribution in [2.75, 3.05) is 18.5 Å². The number of benzene rings is 1. The van der Waals surface area contributed by atoms with Gasteiger partial charge in [0.1, 0.15) is 5.70 Å². The molecule has 5 rings (SSSR count). The van der Waals surface area contributed by atoms with Gasteiger partial charge in [-0.15, -0.1) is 0 Å². The van der Waals surface area contributed by atoms with Crippen LogP contribution in [0.1, 0.15) is 52.4 Å². The van der Waals surface area contributed by atoms with Gasteiger partial charge in [-0.3, -0.25) is 9.52 Å². The van der Waals surface area contributed by atoms with Gasteiger partial charge in [0.15, 0.2) is 11.6 Å². The molecule has 0 bridgehead atoms. The fourth-order valence-corrected chi connectivity index (χ4v) is 7.90. The summed E-state index contributed by atoms with van der Waals surface area (Å²) in [6.45, 7) is 4.29. The molecule has 3 saturated carbocycles. The van der Waals surface area contributed by atoms with Crippen LogP contribution in [0.4, 0.5) is 14.5 Å². The number of aliphatic hydroxyl groups excluding tert-OH is 1. The van der Waals surface area contributed by atoms with Gasteiger partial charge >= 0.3 is 0 Å². The Kier molecular flexibility index (Phi) is 7.26. The molecule has 4 aliphatic rings. The first kappa shape index (κ1) is 26.4. The maximum atomic E-state index is 13.7. The van der Waals surface area contributed by atoms with E-state index in [1.165, 1.54) is 6.07 Å². The number of hydrogen-bond donors (Lipinski definition) is 4. The Labute approximate surface area is 221 Å². The average molecular weight is 532 g/mol. The summed E-state index contributed by atoms with van der Waals surface area (Å²) < 4.78 is 30.7. The lowest BCUT2D eigenvalue weighted by atomic mass is 9.41. The molecule has 1 heterocycles. The summed E-state index contributed by atoms with van der Waals surface area (Å²) >= 11 is 1.56. The molecule has 5 atom stereocenters. The number of anilines is 1. The lowest BCUT2D eigenvalue weighted by Gasteiger charge is -2.66. The third-order valence-corrected chi connectivity index (χ3v) is 9.72. The quantitative estimate of drug-likeness (QED) is 0.298. The van der Waals surface area contributed by atoms with Crippen LogP contribution in [-0.2, 0) is 4.79 Å². The van der Waals surface area contributed by atoms with Crippen LogP contribution < -0.4 is 10.0 Å². The minimum atomic E-state index is -1.01. The summed E-state index contributed by atoms with van der Waals surface area (Å²) in [7, 11) is 0. The summed E-state index contributed by atoms with van der Waals surface area (Å²) in [6, 6.07) is 3.60. The van der Waals surface area contributed by atoms with Gasteiger partial charge in [0.25, 0.3) is 5.91 Å². The van der Waals surface area contributed by atoms with E-state index >= 15 is 0 Å². The summed E-state index contributed by atoms with van der Waals surface area (Å²) in [4.78, 5) is 16.2. The molecule has 3 aliphatic carbocycles. The Bertz CT molecular complexity index is 1170. The maximum Gasteiger partial charge on any atom is 0.271 e. The predicted octanol–water partition coefficient (Wildman–Crippen LogP) is 4.84. The number of allylic oxidation sites excluding steroid dienone is 4. The van der Waals surface area contributed by atoms with E-state index in [1.54, 1.807) is 24.9 Å². The largest absolute Gasteiger partial charge is 0.393 e. The predicted molar refractivity (Wildman–Crippen MR) is 141 cm³/mol. The SMILES string of the molecule is C/C=C(\C(=O)Nc1ccc(F)c(F)c1)N1CCCC=C/C1=C(/C)SNC1C2CCC23CC(O)(CO)CC13. The zero-order chi connectivity index (χ0) is 26.4. The summed E-state index contributed by atoms with van der Waals surface area (Å²) in [5.41, 5.74) is 0.777. The summed E-state index contributed by atoms with van der Waals surface area (Å²) in [5, 5.41) is 23.2. The molecule has 9 heteroatoms. The first-order chi connectivity index (χ1) is 17.7. The summed E-state index contributed by atoms with van der Waals surface area (Å²) in [6.07, 6.45) is 11.3. The minimum absolute atomic E-state index is 0.181. The molecule has 3 fully saturated rings. The highest BCUT2D eigenvalue weighted by Crippen LogP contribution is 2.73. The van der Waals surface area contributed by atoms with Gasteiger partial charge in [-0.1, -0.05) is 12.2 Å². The zero-order valence-corrected chi connectivity index (χ0v) is 22.1. The molecule has 4 N–H and O–H groups in total. The van der Waals surface area contributed by atoms with Gasteiger partial charge in [0, 0.05) is 29.2 Å². The molecule has 1 aromatic carbocycles. The van der Waals surface area contributed by atoms with Crippen LogP contribution in [0.3, 0.4) is 0 Å². The highest BCUT2D eigenvalue weighted by molar-refractivity contribution is 8.01. The zero-order valence-electron chi connectivity index (χ0n) is 21.3. The lowest BCUT2D eigenvalue weighted by molar-refractivity contribution is -0.148. The number of amides is 1. The van der Waals surface area contributed by atoms with Crippen molar-refractivity contribution >= 4 is 23.5 Å².